The molecule has 0 bridgehead atoms. The van der Waals surface area contributed by atoms with Gasteiger partial charge in [-0.15, -0.1) is 0 Å². The van der Waals surface area contributed by atoms with E-state index >= 15 is 0 Å². The molecule has 1 atom stereocenters. The summed E-state index contributed by atoms with van der Waals surface area (Å²) >= 11 is 5.00. The Hall–Kier alpha value is -1.49. The van der Waals surface area contributed by atoms with Crippen LogP contribution in [0.5, 0.6) is 0 Å². The molecule has 2 N–H and O–H groups in total. The molecule has 1 aliphatic rings. The van der Waals surface area contributed by atoms with Crippen LogP contribution in [0.25, 0.3) is 0 Å². The van der Waals surface area contributed by atoms with E-state index < -0.39 is 0 Å². The first-order valence-corrected chi connectivity index (χ1v) is 7.04. The second-order valence-corrected chi connectivity index (χ2v) is 5.45. The van der Waals surface area contributed by atoms with Gasteiger partial charge in [0.2, 0.25) is 5.91 Å². The quantitative estimate of drug-likeness (QED) is 0.835. The van der Waals surface area contributed by atoms with E-state index in [0.29, 0.717) is 24.6 Å². The summed E-state index contributed by atoms with van der Waals surface area (Å²) < 4.78 is 0. The summed E-state index contributed by atoms with van der Waals surface area (Å²) in [6.45, 7) is 3.54. The zero-order valence-corrected chi connectivity index (χ0v) is 11.9. The summed E-state index contributed by atoms with van der Waals surface area (Å²) in [5.41, 5.74) is 7.22. The largest absolute Gasteiger partial charge is 0.388 e. The highest BCUT2D eigenvalue weighted by Gasteiger charge is 2.29. The Morgan fingerprint density at radius 3 is 3.11 bits per heavy atom. The number of nitrogens with zero attached hydrogens (tertiary/aromatic N) is 2. The van der Waals surface area contributed by atoms with Crippen LogP contribution in [-0.4, -0.2) is 27.3 Å². The third kappa shape index (κ3) is 3.29. The molecule has 19 heavy (non-hydrogen) atoms. The highest BCUT2D eigenvalue weighted by molar-refractivity contribution is 7.80. The van der Waals surface area contributed by atoms with Crippen molar-refractivity contribution in [1.29, 1.82) is 0 Å². The summed E-state index contributed by atoms with van der Waals surface area (Å²) in [6, 6.07) is 3.78. The molecule has 1 aromatic rings. The average molecular weight is 277 g/mol. The first-order chi connectivity index (χ1) is 9.11. The van der Waals surface area contributed by atoms with Gasteiger partial charge in [-0.25, -0.2) is 0 Å². The Bertz CT molecular complexity index is 489. The second kappa shape index (κ2) is 6.10. The lowest BCUT2D eigenvalue weighted by molar-refractivity contribution is -0.128. The number of pyridine rings is 1. The topological polar surface area (TPSA) is 59.2 Å². The smallest absolute Gasteiger partial charge is 0.223 e. The Morgan fingerprint density at radius 2 is 2.42 bits per heavy atom. The maximum absolute atomic E-state index is 12.0. The first-order valence-electron chi connectivity index (χ1n) is 6.63. The zero-order chi connectivity index (χ0) is 13.8. The number of rotatable bonds is 5. The summed E-state index contributed by atoms with van der Waals surface area (Å²) in [5.74, 6) is 0.707. The molecule has 0 saturated carbocycles. The Kier molecular flexibility index (Phi) is 4.47. The van der Waals surface area contributed by atoms with Crippen molar-refractivity contribution in [3.8, 4) is 0 Å². The minimum atomic E-state index is 0.219. The van der Waals surface area contributed by atoms with Crippen molar-refractivity contribution in [2.45, 2.75) is 32.7 Å². The van der Waals surface area contributed by atoms with Crippen molar-refractivity contribution in [3.63, 3.8) is 0 Å². The lowest BCUT2D eigenvalue weighted by Gasteiger charge is -2.18. The Balaban J connectivity index is 2.10. The van der Waals surface area contributed by atoms with Crippen LogP contribution in [0.1, 0.15) is 37.4 Å². The van der Waals surface area contributed by atoms with E-state index in [1.807, 2.05) is 17.0 Å². The van der Waals surface area contributed by atoms with Gasteiger partial charge < -0.3 is 10.6 Å². The standard InChI is InChI=1S/C14H19N3OS/c1-2-4-10-7-12(18)17(8-10)9-11-5-3-6-16-13(11)14(15)19/h3,5-6,10H,2,4,7-9H2,1H3,(H2,15,19). The van der Waals surface area contributed by atoms with Crippen LogP contribution in [0.3, 0.4) is 0 Å². The molecule has 1 saturated heterocycles. The van der Waals surface area contributed by atoms with Crippen molar-refractivity contribution in [2.24, 2.45) is 11.7 Å². The molecule has 1 unspecified atom stereocenters. The van der Waals surface area contributed by atoms with Crippen LogP contribution in [0.4, 0.5) is 0 Å². The third-order valence-electron chi connectivity index (χ3n) is 3.48. The molecule has 102 valence electrons. The summed E-state index contributed by atoms with van der Waals surface area (Å²) in [6.07, 6.45) is 4.56. The van der Waals surface area contributed by atoms with E-state index in [-0.39, 0.29) is 10.9 Å². The van der Waals surface area contributed by atoms with Gasteiger partial charge in [-0.1, -0.05) is 31.6 Å². The van der Waals surface area contributed by atoms with Crippen LogP contribution >= 0.6 is 12.2 Å². The number of carbonyl (C=O) groups is 1. The van der Waals surface area contributed by atoms with Gasteiger partial charge in [-0.3, -0.25) is 9.78 Å². The number of hydrogen-bond acceptors (Lipinski definition) is 3. The van der Waals surface area contributed by atoms with Crippen LogP contribution in [0.2, 0.25) is 0 Å². The molecule has 0 aromatic carbocycles. The predicted octanol–water partition coefficient (Wildman–Crippen LogP) is 1.86. The Labute approximate surface area is 119 Å². The third-order valence-corrected chi connectivity index (χ3v) is 3.67. The predicted molar refractivity (Wildman–Crippen MR) is 78.6 cm³/mol. The molecule has 1 amide bonds. The summed E-state index contributed by atoms with van der Waals surface area (Å²) in [5, 5.41) is 0. The average Bonchev–Trinajstić information content (AvgIpc) is 2.71. The SMILES string of the molecule is CCCC1CC(=O)N(Cc2cccnc2C(N)=S)C1. The van der Waals surface area contributed by atoms with Gasteiger partial charge in [-0.2, -0.15) is 0 Å². The number of aromatic nitrogens is 1. The van der Waals surface area contributed by atoms with Gasteiger partial charge in [0.1, 0.15) is 10.7 Å². The van der Waals surface area contributed by atoms with Crippen LogP contribution in [0, 0.1) is 5.92 Å². The maximum Gasteiger partial charge on any atom is 0.223 e. The molecular weight excluding hydrogens is 258 g/mol. The molecule has 1 fully saturated rings. The van der Waals surface area contributed by atoms with Gasteiger partial charge in [0, 0.05) is 31.3 Å². The molecule has 2 rings (SSSR count). The molecule has 4 nitrogen and oxygen atoms in total. The lowest BCUT2D eigenvalue weighted by Crippen LogP contribution is -2.26. The van der Waals surface area contributed by atoms with E-state index in [9.17, 15) is 4.79 Å². The van der Waals surface area contributed by atoms with Gasteiger partial charge >= 0.3 is 0 Å². The van der Waals surface area contributed by atoms with E-state index in [4.69, 9.17) is 18.0 Å². The van der Waals surface area contributed by atoms with Gasteiger partial charge in [0.25, 0.3) is 0 Å². The van der Waals surface area contributed by atoms with E-state index in [1.165, 1.54) is 0 Å². The number of amides is 1. The first kappa shape index (κ1) is 13.9. The molecule has 0 radical (unpaired) electrons. The fourth-order valence-corrected chi connectivity index (χ4v) is 2.79. The van der Waals surface area contributed by atoms with E-state index in [2.05, 4.69) is 11.9 Å². The zero-order valence-electron chi connectivity index (χ0n) is 11.1. The van der Waals surface area contributed by atoms with Gasteiger partial charge in [-0.05, 0) is 18.4 Å². The van der Waals surface area contributed by atoms with Crippen molar-refractivity contribution in [1.82, 2.24) is 9.88 Å². The minimum absolute atomic E-state index is 0.219. The highest BCUT2D eigenvalue weighted by atomic mass is 32.1. The molecule has 5 heteroatoms. The number of hydrogen-bond donors (Lipinski definition) is 1. The molecule has 1 aromatic heterocycles. The normalized spacial score (nSPS) is 18.9. The van der Waals surface area contributed by atoms with Gasteiger partial charge in [0.15, 0.2) is 0 Å². The molecule has 0 spiro atoms. The molecular formula is C14H19N3OS. The molecule has 0 aliphatic carbocycles. The van der Waals surface area contributed by atoms with Crippen molar-refractivity contribution in [2.75, 3.05) is 6.54 Å². The Morgan fingerprint density at radius 1 is 1.63 bits per heavy atom. The number of nitrogens with two attached hydrogens (primary N) is 1. The number of thiocarbonyl (C=S) groups is 1. The summed E-state index contributed by atoms with van der Waals surface area (Å²) in [7, 11) is 0. The van der Waals surface area contributed by atoms with Crippen LogP contribution < -0.4 is 5.73 Å². The molecule has 2 heterocycles. The van der Waals surface area contributed by atoms with Crippen LogP contribution in [0.15, 0.2) is 18.3 Å². The minimum Gasteiger partial charge on any atom is -0.388 e. The second-order valence-electron chi connectivity index (χ2n) is 5.01. The lowest BCUT2D eigenvalue weighted by atomic mass is 10.0. The fourth-order valence-electron chi connectivity index (χ4n) is 2.60. The summed E-state index contributed by atoms with van der Waals surface area (Å²) in [4.78, 5) is 18.4. The molecule has 1 aliphatic heterocycles. The van der Waals surface area contributed by atoms with Crippen molar-refractivity contribution in [3.05, 3.63) is 29.6 Å². The number of carbonyl (C=O) groups excluding carboxylic acids is 1. The van der Waals surface area contributed by atoms with E-state index in [0.717, 1.165) is 24.9 Å². The fraction of sp³-hybridized carbons (Fsp3) is 0.500. The van der Waals surface area contributed by atoms with Crippen molar-refractivity contribution < 1.29 is 4.79 Å². The highest BCUT2D eigenvalue weighted by Crippen LogP contribution is 2.24. The monoisotopic (exact) mass is 277 g/mol. The number of likely N-dealkylation sites (tertiary alicyclic amines) is 1. The maximum atomic E-state index is 12.0. The van der Waals surface area contributed by atoms with Crippen molar-refractivity contribution >= 4 is 23.1 Å². The van der Waals surface area contributed by atoms with Crippen LogP contribution in [-0.2, 0) is 11.3 Å². The van der Waals surface area contributed by atoms with E-state index in [1.54, 1.807) is 6.20 Å². The van der Waals surface area contributed by atoms with Gasteiger partial charge in [0.05, 0.1) is 0 Å².